The molecular formula is C17H22BN3O3. The summed E-state index contributed by atoms with van der Waals surface area (Å²) in [5.41, 5.74) is 0.733. The second-order valence-corrected chi connectivity index (χ2v) is 6.78. The molecule has 0 aliphatic carbocycles. The van der Waals surface area contributed by atoms with Crippen molar-refractivity contribution < 1.29 is 14.1 Å². The van der Waals surface area contributed by atoms with E-state index in [9.17, 15) is 4.79 Å². The van der Waals surface area contributed by atoms with Gasteiger partial charge in [0.2, 0.25) is 5.91 Å². The van der Waals surface area contributed by atoms with Crippen LogP contribution in [0.15, 0.2) is 23.7 Å². The van der Waals surface area contributed by atoms with Gasteiger partial charge in [-0.3, -0.25) is 4.79 Å². The van der Waals surface area contributed by atoms with Crippen molar-refractivity contribution >= 4 is 19.1 Å². The molecular weight excluding hydrogens is 305 g/mol. The topological polar surface area (TPSA) is 84.2 Å². The molecule has 1 aliphatic heterocycles. The first kappa shape index (κ1) is 18.2. The van der Waals surface area contributed by atoms with Crippen LogP contribution in [0, 0.1) is 11.3 Å². The molecule has 1 N–H and O–H groups in total. The van der Waals surface area contributed by atoms with Crippen molar-refractivity contribution in [2.24, 2.45) is 0 Å². The lowest BCUT2D eigenvalue weighted by Gasteiger charge is -2.32. The standard InChI is InChI=1S/C17H22BN3O3/c1-12(22)20-11-13(9-14-7-6-8-15(10-19)21-14)18-23-16(2,3)17(4,5)24-18/h6-9H,11H2,1-5H3,(H,20,22). The van der Waals surface area contributed by atoms with Crippen molar-refractivity contribution in [3.05, 3.63) is 35.1 Å². The van der Waals surface area contributed by atoms with E-state index < -0.39 is 18.3 Å². The van der Waals surface area contributed by atoms with Gasteiger partial charge in [0.25, 0.3) is 0 Å². The first-order chi connectivity index (χ1) is 11.1. The summed E-state index contributed by atoms with van der Waals surface area (Å²) < 4.78 is 12.1. The number of aromatic nitrogens is 1. The molecule has 1 amide bonds. The summed E-state index contributed by atoms with van der Waals surface area (Å²) in [5.74, 6) is -0.142. The number of pyridine rings is 1. The summed E-state index contributed by atoms with van der Waals surface area (Å²) in [4.78, 5) is 15.5. The van der Waals surface area contributed by atoms with Gasteiger partial charge in [-0.1, -0.05) is 6.07 Å². The molecule has 6 nitrogen and oxygen atoms in total. The molecule has 0 radical (unpaired) electrons. The highest BCUT2D eigenvalue weighted by Crippen LogP contribution is 2.38. The molecule has 1 aromatic heterocycles. The van der Waals surface area contributed by atoms with Crippen molar-refractivity contribution in [1.82, 2.24) is 10.3 Å². The Morgan fingerprint density at radius 1 is 1.33 bits per heavy atom. The molecule has 0 bridgehead atoms. The van der Waals surface area contributed by atoms with Crippen LogP contribution in [0.25, 0.3) is 6.08 Å². The van der Waals surface area contributed by atoms with Crippen LogP contribution in [-0.4, -0.2) is 35.8 Å². The monoisotopic (exact) mass is 327 g/mol. The first-order valence-electron chi connectivity index (χ1n) is 7.82. The third-order valence-electron chi connectivity index (χ3n) is 4.32. The van der Waals surface area contributed by atoms with E-state index in [2.05, 4.69) is 10.3 Å². The maximum Gasteiger partial charge on any atom is 0.492 e. The Morgan fingerprint density at radius 2 is 1.96 bits per heavy atom. The highest BCUT2D eigenvalue weighted by Gasteiger charge is 2.52. The molecule has 126 valence electrons. The van der Waals surface area contributed by atoms with Gasteiger partial charge in [-0.2, -0.15) is 5.26 Å². The lowest BCUT2D eigenvalue weighted by molar-refractivity contribution is -0.118. The summed E-state index contributed by atoms with van der Waals surface area (Å²) in [6.07, 6.45) is 1.79. The summed E-state index contributed by atoms with van der Waals surface area (Å²) in [5, 5.41) is 11.7. The van der Waals surface area contributed by atoms with Crippen LogP contribution < -0.4 is 5.32 Å². The van der Waals surface area contributed by atoms with Gasteiger partial charge in [-0.25, -0.2) is 4.98 Å². The molecule has 0 spiro atoms. The van der Waals surface area contributed by atoms with Gasteiger partial charge in [0.1, 0.15) is 11.8 Å². The lowest BCUT2D eigenvalue weighted by atomic mass is 9.77. The van der Waals surface area contributed by atoms with Crippen LogP contribution >= 0.6 is 0 Å². The number of carbonyl (C=O) groups is 1. The van der Waals surface area contributed by atoms with Crippen molar-refractivity contribution in [3.63, 3.8) is 0 Å². The second-order valence-electron chi connectivity index (χ2n) is 6.78. The van der Waals surface area contributed by atoms with Crippen molar-refractivity contribution in [3.8, 4) is 6.07 Å². The quantitative estimate of drug-likeness (QED) is 0.856. The Kier molecular flexibility index (Phi) is 5.12. The van der Waals surface area contributed by atoms with E-state index in [1.54, 1.807) is 24.3 Å². The third kappa shape index (κ3) is 4.02. The Labute approximate surface area is 143 Å². The summed E-state index contributed by atoms with van der Waals surface area (Å²) in [7, 11) is -0.589. The van der Waals surface area contributed by atoms with Crippen LogP contribution in [-0.2, 0) is 14.1 Å². The Morgan fingerprint density at radius 3 is 2.50 bits per heavy atom. The second kappa shape index (κ2) is 6.75. The molecule has 1 aromatic rings. The predicted molar refractivity (Wildman–Crippen MR) is 91.7 cm³/mol. The van der Waals surface area contributed by atoms with E-state index in [0.717, 1.165) is 5.47 Å². The predicted octanol–water partition coefficient (Wildman–Crippen LogP) is 2.10. The lowest BCUT2D eigenvalue weighted by Crippen LogP contribution is -2.41. The first-order valence-corrected chi connectivity index (χ1v) is 7.82. The molecule has 0 saturated carbocycles. The van der Waals surface area contributed by atoms with E-state index in [0.29, 0.717) is 11.4 Å². The minimum atomic E-state index is -0.589. The van der Waals surface area contributed by atoms with Crippen molar-refractivity contribution in [2.75, 3.05) is 6.54 Å². The minimum Gasteiger partial charge on any atom is -0.400 e. The number of amides is 1. The van der Waals surface area contributed by atoms with Gasteiger partial charge < -0.3 is 14.6 Å². The van der Waals surface area contributed by atoms with Crippen LogP contribution in [0.5, 0.6) is 0 Å². The molecule has 0 unspecified atom stereocenters. The normalized spacial score (nSPS) is 19.0. The maximum atomic E-state index is 11.3. The van der Waals surface area contributed by atoms with E-state index in [1.807, 2.05) is 33.8 Å². The number of nitrogens with one attached hydrogen (secondary N) is 1. The largest absolute Gasteiger partial charge is 0.492 e. The smallest absolute Gasteiger partial charge is 0.400 e. The molecule has 7 heteroatoms. The molecule has 2 rings (SSSR count). The number of hydrogen-bond acceptors (Lipinski definition) is 5. The summed E-state index contributed by atoms with van der Waals surface area (Å²) in [6.45, 7) is 9.62. The highest BCUT2D eigenvalue weighted by atomic mass is 16.7. The average Bonchev–Trinajstić information content (AvgIpc) is 2.71. The van der Waals surface area contributed by atoms with Crippen LogP contribution in [0.4, 0.5) is 0 Å². The van der Waals surface area contributed by atoms with Gasteiger partial charge in [0, 0.05) is 13.5 Å². The molecule has 2 heterocycles. The molecule has 24 heavy (non-hydrogen) atoms. The van der Waals surface area contributed by atoms with Crippen molar-refractivity contribution in [2.45, 2.75) is 45.8 Å². The summed E-state index contributed by atoms with van der Waals surface area (Å²) >= 11 is 0. The number of hydrogen-bond donors (Lipinski definition) is 1. The molecule has 0 atom stereocenters. The summed E-state index contributed by atoms with van der Waals surface area (Å²) in [6, 6.07) is 7.21. The zero-order valence-corrected chi connectivity index (χ0v) is 14.7. The Balaban J connectivity index is 2.33. The van der Waals surface area contributed by atoms with Gasteiger partial charge in [0.05, 0.1) is 16.9 Å². The molecule has 1 aliphatic rings. The minimum absolute atomic E-state index is 0.142. The fourth-order valence-corrected chi connectivity index (χ4v) is 2.21. The number of nitrogens with zero attached hydrogens (tertiary/aromatic N) is 2. The van der Waals surface area contributed by atoms with E-state index in [-0.39, 0.29) is 12.5 Å². The number of rotatable bonds is 4. The van der Waals surface area contributed by atoms with Crippen LogP contribution in [0.2, 0.25) is 0 Å². The van der Waals surface area contributed by atoms with E-state index in [4.69, 9.17) is 14.6 Å². The Hall–Kier alpha value is -2.17. The zero-order valence-electron chi connectivity index (χ0n) is 14.7. The number of carbonyl (C=O) groups excluding carboxylic acids is 1. The van der Waals surface area contributed by atoms with E-state index >= 15 is 0 Å². The molecule has 1 fully saturated rings. The zero-order chi connectivity index (χ0) is 18.0. The number of nitriles is 1. The van der Waals surface area contributed by atoms with Gasteiger partial charge in [-0.15, -0.1) is 0 Å². The van der Waals surface area contributed by atoms with Gasteiger partial charge in [-0.05, 0) is 51.4 Å². The van der Waals surface area contributed by atoms with E-state index in [1.165, 1.54) is 6.92 Å². The van der Waals surface area contributed by atoms with Gasteiger partial charge >= 0.3 is 7.12 Å². The van der Waals surface area contributed by atoms with Gasteiger partial charge in [0.15, 0.2) is 0 Å². The maximum absolute atomic E-state index is 11.3. The fourth-order valence-electron chi connectivity index (χ4n) is 2.21. The molecule has 0 aromatic carbocycles. The van der Waals surface area contributed by atoms with Crippen molar-refractivity contribution in [1.29, 1.82) is 5.26 Å². The molecule has 1 saturated heterocycles. The third-order valence-corrected chi connectivity index (χ3v) is 4.32. The SMILES string of the molecule is CC(=O)NCC(=Cc1cccc(C#N)n1)B1OC(C)(C)C(C)(C)O1. The highest BCUT2D eigenvalue weighted by molar-refractivity contribution is 6.56. The van der Waals surface area contributed by atoms with Crippen LogP contribution in [0.3, 0.4) is 0 Å². The Bertz CT molecular complexity index is 691. The van der Waals surface area contributed by atoms with Crippen LogP contribution in [0.1, 0.15) is 46.0 Å². The fraction of sp³-hybridized carbons (Fsp3) is 0.471. The average molecular weight is 327 g/mol.